The molecule has 2 unspecified atom stereocenters. The number of hydrogen-bond acceptors (Lipinski definition) is 3. The first kappa shape index (κ1) is 16.4. The van der Waals surface area contributed by atoms with Crippen LogP contribution in [0.2, 0.25) is 0 Å². The number of amides is 1. The lowest BCUT2D eigenvalue weighted by atomic mass is 9.53. The number of ketones is 1. The van der Waals surface area contributed by atoms with Crippen LogP contribution in [0.5, 0.6) is 0 Å². The van der Waals surface area contributed by atoms with Crippen molar-refractivity contribution < 1.29 is 9.59 Å². The topological polar surface area (TPSA) is 61.2 Å². The molecule has 2 aliphatic rings. The predicted octanol–water partition coefficient (Wildman–Crippen LogP) is 2.75. The molecule has 0 N–H and O–H groups in total. The molecule has 1 amide bonds. The van der Waals surface area contributed by atoms with Crippen LogP contribution in [0, 0.1) is 28.1 Å². The van der Waals surface area contributed by atoms with E-state index in [0.717, 1.165) is 11.1 Å². The van der Waals surface area contributed by atoms with Crippen LogP contribution >= 0.6 is 0 Å². The SMILES string of the molecule is CN1CC=C2C(C)(C)C(=O)C(C#N)CC2(Cc2ccccc2)C1=O. The molecule has 4 heteroatoms. The highest BCUT2D eigenvalue weighted by atomic mass is 16.2. The first-order valence-corrected chi connectivity index (χ1v) is 8.27. The quantitative estimate of drug-likeness (QED) is 0.787. The minimum Gasteiger partial charge on any atom is -0.341 e. The van der Waals surface area contributed by atoms with Gasteiger partial charge in [-0.3, -0.25) is 9.59 Å². The van der Waals surface area contributed by atoms with E-state index in [1.807, 2.05) is 50.3 Å². The number of hydrogen-bond donors (Lipinski definition) is 0. The summed E-state index contributed by atoms with van der Waals surface area (Å²) in [7, 11) is 1.78. The molecule has 1 aliphatic heterocycles. The third kappa shape index (κ3) is 2.27. The Kier molecular flexibility index (Phi) is 3.83. The van der Waals surface area contributed by atoms with Gasteiger partial charge < -0.3 is 4.90 Å². The molecule has 0 aromatic heterocycles. The average Bonchev–Trinajstić information content (AvgIpc) is 2.56. The second-order valence-electron chi connectivity index (χ2n) is 7.42. The van der Waals surface area contributed by atoms with Gasteiger partial charge in [-0.25, -0.2) is 0 Å². The number of nitrogens with zero attached hydrogens (tertiary/aromatic N) is 2. The number of nitriles is 1. The minimum atomic E-state index is -0.799. The molecule has 0 spiro atoms. The first-order chi connectivity index (χ1) is 11.3. The van der Waals surface area contributed by atoms with E-state index in [4.69, 9.17) is 0 Å². The van der Waals surface area contributed by atoms with Gasteiger partial charge in [0.05, 0.1) is 11.5 Å². The van der Waals surface area contributed by atoms with Crippen molar-refractivity contribution in [3.05, 3.63) is 47.5 Å². The number of likely N-dealkylation sites (N-methyl/N-ethyl adjacent to an activating group) is 1. The summed E-state index contributed by atoms with van der Waals surface area (Å²) in [5.41, 5.74) is 0.351. The molecule has 1 saturated carbocycles. The Morgan fingerprint density at radius 1 is 1.25 bits per heavy atom. The molecule has 4 nitrogen and oxygen atoms in total. The highest BCUT2D eigenvalue weighted by Crippen LogP contribution is 2.54. The molecule has 1 aliphatic carbocycles. The molecule has 0 radical (unpaired) electrons. The van der Waals surface area contributed by atoms with Crippen LogP contribution in [0.4, 0.5) is 0 Å². The molecule has 1 aromatic rings. The second kappa shape index (κ2) is 5.59. The number of carbonyl (C=O) groups is 2. The minimum absolute atomic E-state index is 0.0182. The normalized spacial score (nSPS) is 28.8. The largest absolute Gasteiger partial charge is 0.341 e. The van der Waals surface area contributed by atoms with E-state index < -0.39 is 16.7 Å². The maximum atomic E-state index is 13.2. The van der Waals surface area contributed by atoms with Gasteiger partial charge >= 0.3 is 0 Å². The Bertz CT molecular complexity index is 758. The zero-order valence-electron chi connectivity index (χ0n) is 14.4. The number of carbonyl (C=O) groups excluding carboxylic acids is 2. The van der Waals surface area contributed by atoms with Crippen LogP contribution in [0.25, 0.3) is 0 Å². The fraction of sp³-hybridized carbons (Fsp3) is 0.450. The van der Waals surface area contributed by atoms with Crippen LogP contribution in [0.15, 0.2) is 42.0 Å². The van der Waals surface area contributed by atoms with Gasteiger partial charge in [-0.1, -0.05) is 36.4 Å². The Morgan fingerprint density at radius 2 is 1.92 bits per heavy atom. The van der Waals surface area contributed by atoms with E-state index >= 15 is 0 Å². The van der Waals surface area contributed by atoms with Crippen LogP contribution in [-0.2, 0) is 16.0 Å². The fourth-order valence-electron chi connectivity index (χ4n) is 4.34. The molecule has 2 atom stereocenters. The van der Waals surface area contributed by atoms with E-state index in [1.54, 1.807) is 11.9 Å². The molecule has 1 heterocycles. The lowest BCUT2D eigenvalue weighted by molar-refractivity contribution is -0.146. The summed E-state index contributed by atoms with van der Waals surface area (Å²) in [5, 5.41) is 9.50. The Morgan fingerprint density at radius 3 is 2.54 bits per heavy atom. The molecule has 24 heavy (non-hydrogen) atoms. The van der Waals surface area contributed by atoms with Gasteiger partial charge in [0.25, 0.3) is 0 Å². The molecule has 1 aromatic carbocycles. The van der Waals surface area contributed by atoms with Gasteiger partial charge in [0, 0.05) is 19.0 Å². The smallest absolute Gasteiger partial charge is 0.233 e. The van der Waals surface area contributed by atoms with Crippen molar-refractivity contribution in [1.29, 1.82) is 5.26 Å². The summed E-state index contributed by atoms with van der Waals surface area (Å²) in [6.07, 6.45) is 2.82. The molecular weight excluding hydrogens is 300 g/mol. The summed E-state index contributed by atoms with van der Waals surface area (Å²) in [6.45, 7) is 4.21. The number of fused-ring (bicyclic) bond motifs is 1. The average molecular weight is 322 g/mol. The van der Waals surface area contributed by atoms with Crippen LogP contribution in [0.3, 0.4) is 0 Å². The third-order valence-electron chi connectivity index (χ3n) is 5.50. The molecule has 0 saturated heterocycles. The molecule has 0 bridgehead atoms. The zero-order valence-corrected chi connectivity index (χ0v) is 14.4. The van der Waals surface area contributed by atoms with Crippen molar-refractivity contribution in [2.75, 3.05) is 13.6 Å². The summed E-state index contributed by atoms with van der Waals surface area (Å²) in [4.78, 5) is 27.6. The van der Waals surface area contributed by atoms with Crippen molar-refractivity contribution in [2.24, 2.45) is 16.7 Å². The van der Waals surface area contributed by atoms with E-state index in [0.29, 0.717) is 13.0 Å². The fourth-order valence-corrected chi connectivity index (χ4v) is 4.34. The number of Topliss-reactive ketones (excluding diaryl/α,β-unsaturated/α-hetero) is 1. The Labute approximate surface area is 142 Å². The van der Waals surface area contributed by atoms with Crippen LogP contribution in [0.1, 0.15) is 25.8 Å². The van der Waals surface area contributed by atoms with Crippen LogP contribution in [-0.4, -0.2) is 30.2 Å². The highest BCUT2D eigenvalue weighted by molar-refractivity contribution is 5.99. The van der Waals surface area contributed by atoms with E-state index in [1.165, 1.54) is 0 Å². The maximum absolute atomic E-state index is 13.2. The van der Waals surface area contributed by atoms with Crippen LogP contribution < -0.4 is 0 Å². The predicted molar refractivity (Wildman–Crippen MR) is 90.8 cm³/mol. The molecule has 3 rings (SSSR count). The highest BCUT2D eigenvalue weighted by Gasteiger charge is 2.58. The van der Waals surface area contributed by atoms with Gasteiger partial charge in [0.2, 0.25) is 5.91 Å². The monoisotopic (exact) mass is 322 g/mol. The summed E-state index contributed by atoms with van der Waals surface area (Å²) in [6, 6.07) is 12.0. The van der Waals surface area contributed by atoms with Gasteiger partial charge in [0.15, 0.2) is 5.78 Å². The van der Waals surface area contributed by atoms with Gasteiger partial charge in [0.1, 0.15) is 5.92 Å². The molecule has 1 fully saturated rings. The first-order valence-electron chi connectivity index (χ1n) is 8.27. The summed E-state index contributed by atoms with van der Waals surface area (Å²) >= 11 is 0. The van der Waals surface area contributed by atoms with Gasteiger partial charge in [-0.2, -0.15) is 5.26 Å². The van der Waals surface area contributed by atoms with Gasteiger partial charge in [-0.05, 0) is 37.8 Å². The van der Waals surface area contributed by atoms with Crippen molar-refractivity contribution in [1.82, 2.24) is 4.90 Å². The lowest BCUT2D eigenvalue weighted by Gasteiger charge is -2.51. The summed E-state index contributed by atoms with van der Waals surface area (Å²) < 4.78 is 0. The standard InChI is InChI=1S/C20H22N2O2/c1-19(2)16-9-10-22(3)18(24)20(16,12-15(13-21)17(19)23)11-14-7-5-4-6-8-14/h4-9,15H,10-12H2,1-3H3. The van der Waals surface area contributed by atoms with Gasteiger partial charge in [-0.15, -0.1) is 0 Å². The van der Waals surface area contributed by atoms with E-state index in [-0.39, 0.29) is 18.1 Å². The summed E-state index contributed by atoms with van der Waals surface area (Å²) in [5.74, 6) is -0.793. The van der Waals surface area contributed by atoms with Crippen molar-refractivity contribution in [3.8, 4) is 6.07 Å². The maximum Gasteiger partial charge on any atom is 0.233 e. The van der Waals surface area contributed by atoms with E-state index in [9.17, 15) is 14.9 Å². The van der Waals surface area contributed by atoms with E-state index in [2.05, 4.69) is 6.07 Å². The zero-order chi connectivity index (χ0) is 17.5. The van der Waals surface area contributed by atoms with Crippen molar-refractivity contribution in [3.63, 3.8) is 0 Å². The number of benzene rings is 1. The van der Waals surface area contributed by atoms with Crippen molar-refractivity contribution in [2.45, 2.75) is 26.7 Å². The Hall–Kier alpha value is -2.41. The Balaban J connectivity index is 2.17. The lowest BCUT2D eigenvalue weighted by Crippen LogP contribution is -2.57. The number of rotatable bonds is 2. The third-order valence-corrected chi connectivity index (χ3v) is 5.50. The molecular formula is C20H22N2O2. The molecule has 124 valence electrons. The second-order valence-corrected chi connectivity index (χ2v) is 7.42. The van der Waals surface area contributed by atoms with Crippen molar-refractivity contribution >= 4 is 11.7 Å².